The fourth-order valence-corrected chi connectivity index (χ4v) is 5.62. The van der Waals surface area contributed by atoms with Crippen LogP contribution in [0.1, 0.15) is 48.3 Å². The predicted molar refractivity (Wildman–Crippen MR) is 165 cm³/mol. The molecule has 3 aromatic heterocycles. The molecule has 1 aliphatic heterocycles. The van der Waals surface area contributed by atoms with Crippen molar-refractivity contribution < 1.29 is 14.7 Å². The van der Waals surface area contributed by atoms with Gasteiger partial charge in [0, 0.05) is 40.0 Å². The van der Waals surface area contributed by atoms with E-state index in [9.17, 15) is 19.5 Å². The minimum Gasteiger partial charge on any atom is -0.478 e. The zero-order chi connectivity index (χ0) is 31.0. The molecule has 0 aliphatic carbocycles. The summed E-state index contributed by atoms with van der Waals surface area (Å²) in [6.45, 7) is 1.84. The molecule has 0 saturated heterocycles. The smallest absolute Gasteiger partial charge is 0.335 e. The van der Waals surface area contributed by atoms with Crippen molar-refractivity contribution in [2.75, 3.05) is 5.32 Å². The van der Waals surface area contributed by atoms with Gasteiger partial charge in [-0.1, -0.05) is 41.8 Å². The molecule has 5 aromatic rings. The van der Waals surface area contributed by atoms with Gasteiger partial charge in [0.25, 0.3) is 5.56 Å². The Morgan fingerprint density at radius 3 is 2.59 bits per heavy atom. The fourth-order valence-electron chi connectivity index (χ4n) is 5.32. The Morgan fingerprint density at radius 2 is 1.84 bits per heavy atom. The molecule has 6 rings (SSSR count). The monoisotopic (exact) mass is 629 g/mol. The van der Waals surface area contributed by atoms with Gasteiger partial charge in [0.15, 0.2) is 5.15 Å². The van der Waals surface area contributed by atoms with Crippen LogP contribution in [0.25, 0.3) is 28.1 Å². The Hall–Kier alpha value is -4.87. The number of carboxylic acid groups (broad SMARTS) is 1. The van der Waals surface area contributed by atoms with Crippen molar-refractivity contribution in [1.29, 1.82) is 0 Å². The number of nitrogens with zero attached hydrogens (tertiary/aromatic N) is 6. The van der Waals surface area contributed by atoms with Gasteiger partial charge < -0.3 is 10.4 Å². The number of hydrogen-bond acceptors (Lipinski definition) is 7. The Balaban J connectivity index is 1.45. The van der Waals surface area contributed by atoms with Gasteiger partial charge in [0.1, 0.15) is 0 Å². The van der Waals surface area contributed by atoms with Crippen LogP contribution in [0.15, 0.2) is 78.1 Å². The molecule has 13 heteroatoms. The summed E-state index contributed by atoms with van der Waals surface area (Å²) in [6, 6.07) is 14.2. The first kappa shape index (κ1) is 29.2. The van der Waals surface area contributed by atoms with Crippen molar-refractivity contribution in [3.8, 4) is 28.1 Å². The average molecular weight is 630 g/mol. The maximum absolute atomic E-state index is 13.7. The highest BCUT2D eigenvalue weighted by atomic mass is 35.5. The summed E-state index contributed by atoms with van der Waals surface area (Å²) in [7, 11) is 0. The Kier molecular flexibility index (Phi) is 7.98. The first-order chi connectivity index (χ1) is 21.2. The van der Waals surface area contributed by atoms with Crippen LogP contribution in [0.2, 0.25) is 10.2 Å². The van der Waals surface area contributed by atoms with Gasteiger partial charge in [-0.2, -0.15) is 0 Å². The second-order valence-corrected chi connectivity index (χ2v) is 11.4. The van der Waals surface area contributed by atoms with E-state index in [-0.39, 0.29) is 28.1 Å². The van der Waals surface area contributed by atoms with Crippen molar-refractivity contribution in [3.05, 3.63) is 105 Å². The van der Waals surface area contributed by atoms with Crippen LogP contribution in [-0.4, -0.2) is 46.5 Å². The van der Waals surface area contributed by atoms with E-state index in [1.54, 1.807) is 36.5 Å². The molecule has 0 spiro atoms. The van der Waals surface area contributed by atoms with Crippen LogP contribution in [-0.2, 0) is 4.79 Å². The van der Waals surface area contributed by atoms with E-state index in [2.05, 4.69) is 25.6 Å². The third-order valence-electron chi connectivity index (χ3n) is 7.64. The van der Waals surface area contributed by atoms with Crippen molar-refractivity contribution >= 4 is 40.8 Å². The van der Waals surface area contributed by atoms with Gasteiger partial charge in [0.05, 0.1) is 41.2 Å². The lowest BCUT2D eigenvalue weighted by Crippen LogP contribution is -2.27. The first-order valence-corrected chi connectivity index (χ1v) is 14.5. The quantitative estimate of drug-likeness (QED) is 0.250. The molecule has 2 bridgehead atoms. The molecule has 0 saturated carbocycles. The van der Waals surface area contributed by atoms with E-state index >= 15 is 0 Å². The second-order valence-electron chi connectivity index (χ2n) is 10.5. The lowest BCUT2D eigenvalue weighted by molar-refractivity contribution is -0.119. The fraction of sp³-hybridized carbons (Fsp3) is 0.194. The molecule has 0 radical (unpaired) electrons. The third-order valence-corrected chi connectivity index (χ3v) is 8.05. The Bertz CT molecular complexity index is 1970. The van der Waals surface area contributed by atoms with E-state index in [1.165, 1.54) is 40.0 Å². The van der Waals surface area contributed by atoms with Gasteiger partial charge >= 0.3 is 5.97 Å². The van der Waals surface area contributed by atoms with Crippen LogP contribution in [0, 0.1) is 5.92 Å². The third kappa shape index (κ3) is 5.84. The summed E-state index contributed by atoms with van der Waals surface area (Å²) in [5, 5.41) is 21.1. The summed E-state index contributed by atoms with van der Waals surface area (Å²) in [5.74, 6) is -1.58. The van der Waals surface area contributed by atoms with E-state index < -0.39 is 12.0 Å². The molecule has 222 valence electrons. The number of carbonyl (C=O) groups excluding carboxylic acids is 1. The lowest BCUT2D eigenvalue weighted by Gasteiger charge is -2.23. The number of carboxylic acids is 1. The molecule has 0 unspecified atom stereocenters. The summed E-state index contributed by atoms with van der Waals surface area (Å²) in [4.78, 5) is 47.8. The van der Waals surface area contributed by atoms with Gasteiger partial charge in [0.2, 0.25) is 5.91 Å². The highest BCUT2D eigenvalue weighted by molar-refractivity contribution is 6.31. The van der Waals surface area contributed by atoms with Crippen LogP contribution in [0.3, 0.4) is 0 Å². The summed E-state index contributed by atoms with van der Waals surface area (Å²) in [5.41, 5.74) is 3.58. The number of hydrogen-bond donors (Lipinski definition) is 2. The van der Waals surface area contributed by atoms with E-state index in [4.69, 9.17) is 23.2 Å². The lowest BCUT2D eigenvalue weighted by atomic mass is 9.94. The van der Waals surface area contributed by atoms with E-state index in [1.807, 2.05) is 13.0 Å². The van der Waals surface area contributed by atoms with Gasteiger partial charge in [-0.15, -0.1) is 5.10 Å². The van der Waals surface area contributed by atoms with E-state index in [0.29, 0.717) is 63.7 Å². The van der Waals surface area contributed by atoms with Gasteiger partial charge in [-0.05, 0) is 66.9 Å². The first-order valence-electron chi connectivity index (χ1n) is 13.8. The molecule has 11 nitrogen and oxygen atoms in total. The van der Waals surface area contributed by atoms with Crippen LogP contribution >= 0.6 is 23.2 Å². The highest BCUT2D eigenvalue weighted by Crippen LogP contribution is 2.34. The van der Waals surface area contributed by atoms with Crippen molar-refractivity contribution in [1.82, 2.24) is 29.5 Å². The summed E-state index contributed by atoms with van der Waals surface area (Å²) >= 11 is 12.3. The molecular formula is C31H25Cl2N7O4. The molecule has 1 amide bonds. The number of pyridine rings is 1. The number of anilines is 1. The normalized spacial score (nSPS) is 16.8. The van der Waals surface area contributed by atoms with Gasteiger partial charge in [-0.25, -0.2) is 14.5 Å². The molecular weight excluding hydrogens is 605 g/mol. The number of amides is 1. The molecule has 2 aromatic carbocycles. The Morgan fingerprint density at radius 1 is 1.00 bits per heavy atom. The number of benzene rings is 2. The maximum atomic E-state index is 13.7. The number of aromatic nitrogens is 6. The van der Waals surface area contributed by atoms with Crippen molar-refractivity contribution in [3.63, 3.8) is 0 Å². The molecule has 0 fully saturated rings. The zero-order valence-corrected chi connectivity index (χ0v) is 24.8. The van der Waals surface area contributed by atoms with Crippen LogP contribution < -0.4 is 10.9 Å². The number of fused-ring (bicyclic) bond motifs is 4. The van der Waals surface area contributed by atoms with Crippen LogP contribution in [0.5, 0.6) is 0 Å². The predicted octanol–water partition coefficient (Wildman–Crippen LogP) is 5.91. The van der Waals surface area contributed by atoms with Crippen molar-refractivity contribution in [2.45, 2.75) is 32.2 Å². The number of aromatic carboxylic acids is 1. The number of nitrogens with one attached hydrogen (secondary N) is 1. The average Bonchev–Trinajstić information content (AvgIpc) is 3.45. The van der Waals surface area contributed by atoms with Crippen molar-refractivity contribution in [2.24, 2.45) is 5.92 Å². The minimum absolute atomic E-state index is 0.0811. The highest BCUT2D eigenvalue weighted by Gasteiger charge is 2.23. The SMILES string of the molecule is C[C@@H]1CCC[C@H](n2cnc(-c3cc(Cl)ccc3-n3cc(Cl)nn3)cc2=O)c2cc(ccn2)-c2cc(C(=O)O)ccc2NC1=O. The van der Waals surface area contributed by atoms with Crippen LogP contribution in [0.4, 0.5) is 5.69 Å². The summed E-state index contributed by atoms with van der Waals surface area (Å²) in [6.07, 6.45) is 6.34. The minimum atomic E-state index is -1.08. The standard InChI is InChI=1S/C31H25Cl2N7O4/c1-17-3-2-4-27(25-12-18(9-10-34-25)21-11-19(31(43)44)5-7-23(21)36-30(17)42)39-16-35-24(14-29(39)41)22-13-20(32)6-8-26(22)40-15-28(33)37-38-40/h5-17,27H,2-4H2,1H3,(H,36,42)(H,43,44)/t17-,27+/m1/s1. The number of rotatable bonds is 4. The molecule has 4 heterocycles. The number of carbonyl (C=O) groups is 2. The molecule has 2 atom stereocenters. The largest absolute Gasteiger partial charge is 0.478 e. The van der Waals surface area contributed by atoms with E-state index in [0.717, 1.165) is 0 Å². The molecule has 44 heavy (non-hydrogen) atoms. The second kappa shape index (κ2) is 12.0. The van der Waals surface area contributed by atoms with Gasteiger partial charge in [-0.3, -0.25) is 19.1 Å². The topological polar surface area (TPSA) is 145 Å². The number of halogens is 2. The zero-order valence-electron chi connectivity index (χ0n) is 23.3. The maximum Gasteiger partial charge on any atom is 0.335 e. The molecule has 2 N–H and O–H groups in total. The summed E-state index contributed by atoms with van der Waals surface area (Å²) < 4.78 is 3.01. The molecule has 1 aliphatic rings. The Labute approximate surface area is 261 Å².